The van der Waals surface area contributed by atoms with E-state index in [0.29, 0.717) is 35.8 Å². The van der Waals surface area contributed by atoms with Gasteiger partial charge in [0.2, 0.25) is 5.91 Å². The number of amides is 1. The number of nitrogens with zero attached hydrogens (tertiary/aromatic N) is 2. The van der Waals surface area contributed by atoms with E-state index in [1.54, 1.807) is 22.8 Å². The van der Waals surface area contributed by atoms with Crippen LogP contribution in [0.2, 0.25) is 5.02 Å². The molecule has 146 valence electrons. The first kappa shape index (κ1) is 18.8. The van der Waals surface area contributed by atoms with Crippen LogP contribution in [0, 0.1) is 0 Å². The smallest absolute Gasteiger partial charge is 0.408 e. The number of oxazole rings is 1. The van der Waals surface area contributed by atoms with E-state index in [2.05, 4.69) is 10.2 Å². The van der Waals surface area contributed by atoms with Crippen LogP contribution in [0.4, 0.5) is 0 Å². The Hall–Kier alpha value is -2.57. The Bertz CT molecular complexity index is 1030. The molecule has 1 atom stereocenters. The molecular formula is C21H22ClN3O3. The van der Waals surface area contributed by atoms with Gasteiger partial charge in [0.15, 0.2) is 5.58 Å². The highest BCUT2D eigenvalue weighted by Crippen LogP contribution is 2.26. The molecule has 1 aromatic heterocycles. The van der Waals surface area contributed by atoms with Crippen LogP contribution in [0.5, 0.6) is 0 Å². The van der Waals surface area contributed by atoms with E-state index < -0.39 is 0 Å². The number of hydrogen-bond acceptors (Lipinski definition) is 4. The predicted molar refractivity (Wildman–Crippen MR) is 108 cm³/mol. The van der Waals surface area contributed by atoms with Crippen LogP contribution in [-0.2, 0) is 11.3 Å². The first-order valence-electron chi connectivity index (χ1n) is 9.44. The fraction of sp³-hybridized carbons (Fsp3) is 0.333. The van der Waals surface area contributed by atoms with E-state index in [9.17, 15) is 9.59 Å². The van der Waals surface area contributed by atoms with E-state index in [1.165, 1.54) is 0 Å². The predicted octanol–water partition coefficient (Wildman–Crippen LogP) is 3.20. The normalized spacial score (nSPS) is 17.7. The summed E-state index contributed by atoms with van der Waals surface area (Å²) >= 11 is 6.10. The van der Waals surface area contributed by atoms with Crippen molar-refractivity contribution in [2.75, 3.05) is 19.6 Å². The molecule has 2 aromatic carbocycles. The standard InChI is InChI=1S/C21H22ClN3O3/c22-16-8-9-19-18(11-16)25(21(27)28-19)17-7-4-10-24(13-17)14-20(26)23-12-15-5-2-1-3-6-15/h1-3,5-6,8-9,11,17H,4,7,10,12-14H2,(H,23,26)/t17-/m0/s1. The molecule has 6 nitrogen and oxygen atoms in total. The third kappa shape index (κ3) is 4.13. The van der Waals surface area contributed by atoms with Crippen LogP contribution in [0.25, 0.3) is 11.1 Å². The summed E-state index contributed by atoms with van der Waals surface area (Å²) in [5.74, 6) is -0.394. The van der Waals surface area contributed by atoms with Gasteiger partial charge in [-0.1, -0.05) is 41.9 Å². The molecular weight excluding hydrogens is 378 g/mol. The molecule has 3 aromatic rings. The number of fused-ring (bicyclic) bond motifs is 1. The van der Waals surface area contributed by atoms with Crippen LogP contribution in [0.3, 0.4) is 0 Å². The van der Waals surface area contributed by atoms with Gasteiger partial charge >= 0.3 is 5.76 Å². The number of piperidine rings is 1. The summed E-state index contributed by atoms with van der Waals surface area (Å²) < 4.78 is 7.04. The highest BCUT2D eigenvalue weighted by molar-refractivity contribution is 6.31. The van der Waals surface area contributed by atoms with E-state index in [1.807, 2.05) is 30.3 Å². The lowest BCUT2D eigenvalue weighted by Crippen LogP contribution is -2.44. The van der Waals surface area contributed by atoms with Gasteiger partial charge in [0, 0.05) is 18.1 Å². The lowest BCUT2D eigenvalue weighted by molar-refractivity contribution is -0.122. The molecule has 4 rings (SSSR count). The summed E-state index contributed by atoms with van der Waals surface area (Å²) in [6.45, 7) is 2.29. The van der Waals surface area contributed by atoms with Gasteiger partial charge in [-0.15, -0.1) is 0 Å². The van der Waals surface area contributed by atoms with Crippen LogP contribution < -0.4 is 11.1 Å². The average molecular weight is 400 g/mol. The zero-order valence-electron chi connectivity index (χ0n) is 15.4. The molecule has 0 saturated carbocycles. The molecule has 1 fully saturated rings. The minimum Gasteiger partial charge on any atom is -0.408 e. The maximum absolute atomic E-state index is 12.4. The Morgan fingerprint density at radius 3 is 2.86 bits per heavy atom. The molecule has 0 unspecified atom stereocenters. The monoisotopic (exact) mass is 399 g/mol. The quantitative estimate of drug-likeness (QED) is 0.715. The lowest BCUT2D eigenvalue weighted by Gasteiger charge is -2.32. The van der Waals surface area contributed by atoms with Crippen molar-refractivity contribution in [1.29, 1.82) is 0 Å². The van der Waals surface area contributed by atoms with Crippen molar-refractivity contribution >= 4 is 28.6 Å². The van der Waals surface area contributed by atoms with Gasteiger partial charge < -0.3 is 9.73 Å². The molecule has 0 spiro atoms. The molecule has 1 amide bonds. The largest absolute Gasteiger partial charge is 0.420 e. The van der Waals surface area contributed by atoms with Gasteiger partial charge in [-0.2, -0.15) is 0 Å². The van der Waals surface area contributed by atoms with Crippen molar-refractivity contribution < 1.29 is 9.21 Å². The third-order valence-electron chi connectivity index (χ3n) is 5.12. The molecule has 28 heavy (non-hydrogen) atoms. The van der Waals surface area contributed by atoms with Crippen LogP contribution in [0.15, 0.2) is 57.7 Å². The summed E-state index contributed by atoms with van der Waals surface area (Å²) in [6.07, 6.45) is 1.78. The topological polar surface area (TPSA) is 67.5 Å². The van der Waals surface area contributed by atoms with Crippen molar-refractivity contribution in [3.63, 3.8) is 0 Å². The Morgan fingerprint density at radius 1 is 1.21 bits per heavy atom. The number of carbonyl (C=O) groups is 1. The Morgan fingerprint density at radius 2 is 2.04 bits per heavy atom. The number of likely N-dealkylation sites (tertiary alicyclic amines) is 1. The second kappa shape index (κ2) is 8.20. The Kier molecular flexibility index (Phi) is 5.50. The molecule has 2 heterocycles. The number of hydrogen-bond donors (Lipinski definition) is 1. The molecule has 7 heteroatoms. The summed E-state index contributed by atoms with van der Waals surface area (Å²) in [5, 5.41) is 3.52. The minimum atomic E-state index is -0.377. The SMILES string of the molecule is O=C(CN1CCC[C@H](n2c(=O)oc3ccc(Cl)cc32)C1)NCc1ccccc1. The van der Waals surface area contributed by atoms with Crippen molar-refractivity contribution in [1.82, 2.24) is 14.8 Å². The molecule has 1 aliphatic heterocycles. The number of benzene rings is 2. The first-order valence-corrected chi connectivity index (χ1v) is 9.81. The van der Waals surface area contributed by atoms with E-state index in [0.717, 1.165) is 24.9 Å². The molecule has 1 saturated heterocycles. The van der Waals surface area contributed by atoms with Gasteiger partial charge in [-0.25, -0.2) is 4.79 Å². The van der Waals surface area contributed by atoms with Crippen LogP contribution >= 0.6 is 11.6 Å². The van der Waals surface area contributed by atoms with Crippen molar-refractivity contribution in [2.24, 2.45) is 0 Å². The minimum absolute atomic E-state index is 0.0167. The molecule has 1 aliphatic rings. The fourth-order valence-corrected chi connectivity index (χ4v) is 3.96. The highest BCUT2D eigenvalue weighted by Gasteiger charge is 2.26. The molecule has 1 N–H and O–H groups in total. The Labute approximate surface area is 167 Å². The molecule has 0 bridgehead atoms. The second-order valence-corrected chi connectivity index (χ2v) is 7.58. The zero-order valence-corrected chi connectivity index (χ0v) is 16.2. The molecule has 0 aliphatic carbocycles. The van der Waals surface area contributed by atoms with E-state index >= 15 is 0 Å². The first-order chi connectivity index (χ1) is 13.6. The summed E-state index contributed by atoms with van der Waals surface area (Å²) in [4.78, 5) is 26.8. The zero-order chi connectivity index (χ0) is 19.5. The van der Waals surface area contributed by atoms with Crippen LogP contribution in [0.1, 0.15) is 24.4 Å². The Balaban J connectivity index is 1.42. The third-order valence-corrected chi connectivity index (χ3v) is 5.36. The second-order valence-electron chi connectivity index (χ2n) is 7.14. The lowest BCUT2D eigenvalue weighted by atomic mass is 10.1. The summed E-state index contributed by atoms with van der Waals surface area (Å²) in [5.41, 5.74) is 2.31. The van der Waals surface area contributed by atoms with E-state index in [4.69, 9.17) is 16.0 Å². The maximum atomic E-state index is 12.4. The van der Waals surface area contributed by atoms with Crippen molar-refractivity contribution in [3.05, 3.63) is 69.7 Å². The summed E-state index contributed by atoms with van der Waals surface area (Å²) in [6, 6.07) is 15.0. The van der Waals surface area contributed by atoms with Crippen molar-refractivity contribution in [3.8, 4) is 0 Å². The summed E-state index contributed by atoms with van der Waals surface area (Å²) in [7, 11) is 0. The van der Waals surface area contributed by atoms with Gasteiger partial charge in [0.25, 0.3) is 0 Å². The van der Waals surface area contributed by atoms with E-state index in [-0.39, 0.29) is 17.7 Å². The number of halogens is 1. The fourth-order valence-electron chi connectivity index (χ4n) is 3.79. The highest BCUT2D eigenvalue weighted by atomic mass is 35.5. The maximum Gasteiger partial charge on any atom is 0.420 e. The number of aromatic nitrogens is 1. The van der Waals surface area contributed by atoms with Crippen LogP contribution in [-0.4, -0.2) is 35.0 Å². The van der Waals surface area contributed by atoms with Gasteiger partial charge in [0.05, 0.1) is 18.1 Å². The number of rotatable bonds is 5. The van der Waals surface area contributed by atoms with Gasteiger partial charge in [-0.05, 0) is 43.1 Å². The number of nitrogens with one attached hydrogen (secondary N) is 1. The van der Waals surface area contributed by atoms with Crippen molar-refractivity contribution in [2.45, 2.75) is 25.4 Å². The number of carbonyl (C=O) groups excluding carboxylic acids is 1. The average Bonchev–Trinajstić information content (AvgIpc) is 3.02. The molecule has 0 radical (unpaired) electrons. The van der Waals surface area contributed by atoms with Gasteiger partial charge in [-0.3, -0.25) is 14.3 Å². The van der Waals surface area contributed by atoms with Gasteiger partial charge in [0.1, 0.15) is 0 Å².